The van der Waals surface area contributed by atoms with Gasteiger partial charge in [-0.05, 0) is 82.1 Å². The van der Waals surface area contributed by atoms with Crippen LogP contribution in [0.5, 0.6) is 0 Å². The van der Waals surface area contributed by atoms with Gasteiger partial charge < -0.3 is 110 Å². The molecule has 29 heteroatoms. The van der Waals surface area contributed by atoms with Crippen LogP contribution in [0.4, 0.5) is 0 Å². The van der Waals surface area contributed by atoms with Crippen molar-refractivity contribution in [2.24, 2.45) is 11.8 Å². The summed E-state index contributed by atoms with van der Waals surface area (Å²) in [5.74, 6) is 3.42. The minimum Gasteiger partial charge on any atom is 0 e. The molecule has 0 aromatic heterocycles. The van der Waals surface area contributed by atoms with Crippen molar-refractivity contribution in [2.45, 2.75) is 207 Å². The molecule has 3 aliphatic rings. The van der Waals surface area contributed by atoms with Crippen molar-refractivity contribution < 1.29 is 118 Å². The number of ether oxygens (including phenoxy) is 1. The summed E-state index contributed by atoms with van der Waals surface area (Å²) in [6.45, 7) is 9.21. The van der Waals surface area contributed by atoms with Crippen LogP contribution in [-0.4, -0.2) is 190 Å². The van der Waals surface area contributed by atoms with E-state index in [9.17, 15) is 58.5 Å². The Labute approximate surface area is 563 Å². The molecule has 2 aliphatic heterocycles. The van der Waals surface area contributed by atoms with Gasteiger partial charge in [-0.1, -0.05) is 68.2 Å². The van der Waals surface area contributed by atoms with Crippen molar-refractivity contribution in [3.63, 3.8) is 0 Å². The number of nitrogens with one attached hydrogen (secondary N) is 5. The van der Waals surface area contributed by atoms with Gasteiger partial charge >= 0.3 is 22.4 Å². The van der Waals surface area contributed by atoms with E-state index in [4.69, 9.17) is 8.24 Å². The molecule has 0 spiro atoms. The molecule has 0 aromatic carbocycles. The zero-order chi connectivity index (χ0) is 60.8. The van der Waals surface area contributed by atoms with Gasteiger partial charge in [-0.25, -0.2) is 0 Å². The molecule has 8 N–H and O–H groups in total. The topological polar surface area (TPSA) is 332 Å². The van der Waals surface area contributed by atoms with Gasteiger partial charge in [0.2, 0.25) is 41.4 Å². The van der Waals surface area contributed by atoms with Gasteiger partial charge in [0.1, 0.15) is 23.7 Å². The fourth-order valence-electron chi connectivity index (χ4n) is 8.38. The first-order chi connectivity index (χ1) is 38.3. The third-order valence-electron chi connectivity index (χ3n) is 12.5. The van der Waals surface area contributed by atoms with Crippen LogP contribution in [0.1, 0.15) is 166 Å². The maximum atomic E-state index is 12.7. The number of hydrogen-bond acceptors (Lipinski definition) is 19. The van der Waals surface area contributed by atoms with E-state index in [-0.39, 0.29) is 131 Å². The molecule has 3 rings (SSSR count). The molecule has 2 heterocycles. The van der Waals surface area contributed by atoms with Crippen molar-refractivity contribution in [1.82, 2.24) is 31.5 Å². The normalized spacial score (nSPS) is 20.4. The van der Waals surface area contributed by atoms with E-state index in [2.05, 4.69) is 94.4 Å². The quantitative estimate of drug-likeness (QED) is 0.0140. The molecule has 0 bridgehead atoms. The summed E-state index contributed by atoms with van der Waals surface area (Å²) in [5.41, 5.74) is -0.598. The van der Waals surface area contributed by atoms with E-state index in [1.807, 2.05) is 6.26 Å². The number of imide groups is 1. The number of hydrogen-bond donors (Lipinski definition) is 8. The molecule has 4 unspecified atom stereocenters. The van der Waals surface area contributed by atoms with Crippen molar-refractivity contribution in [3.05, 3.63) is 10.6 Å². The molecule has 486 valence electrons. The number of amides is 9. The van der Waals surface area contributed by atoms with Gasteiger partial charge in [0.25, 0.3) is 0 Å². The van der Waals surface area contributed by atoms with Crippen molar-refractivity contribution in [1.29, 1.82) is 0 Å². The van der Waals surface area contributed by atoms with E-state index < -0.39 is 54.3 Å². The molecule has 7 atom stereocenters. The molecule has 3 fully saturated rings. The van der Waals surface area contributed by atoms with Crippen LogP contribution >= 0.6 is 35.7 Å². The molecule has 1 saturated carbocycles. The minimum atomic E-state index is -1.29. The second-order valence-corrected chi connectivity index (χ2v) is 22.0. The molecule has 84 heavy (non-hydrogen) atoms. The summed E-state index contributed by atoms with van der Waals surface area (Å²) in [4.78, 5) is 107. The van der Waals surface area contributed by atoms with Crippen LogP contribution in [0.3, 0.4) is 0 Å². The Kier molecular flexibility index (Phi) is 67.0. The summed E-state index contributed by atoms with van der Waals surface area (Å²) in [5, 5.41) is 51.4. The Morgan fingerprint density at radius 3 is 1.74 bits per heavy atom. The smallest absolute Gasteiger partial charge is 0 e. The molecule has 22 nitrogen and oxygen atoms in total. The number of carbonyl (C=O) groups excluding carboxylic acids is 9. The van der Waals surface area contributed by atoms with Crippen molar-refractivity contribution in [3.8, 4) is 0 Å². The largest absolute Gasteiger partial charge is 0 e. The maximum Gasteiger partial charge on any atom is 0 e. The first-order valence-electron chi connectivity index (χ1n) is 27.3. The van der Waals surface area contributed by atoms with E-state index in [1.165, 1.54) is 48.7 Å². The van der Waals surface area contributed by atoms with Gasteiger partial charge in [0.05, 0.1) is 17.9 Å². The first-order valence-corrected chi connectivity index (χ1v) is 32.0. The number of thioether (sulfide) groups is 2. The molecule has 1 aliphatic carbocycles. The van der Waals surface area contributed by atoms with E-state index in [0.29, 0.717) is 64.2 Å². The van der Waals surface area contributed by atoms with Gasteiger partial charge in [-0.2, -0.15) is 11.8 Å². The van der Waals surface area contributed by atoms with E-state index in [1.54, 1.807) is 0 Å². The van der Waals surface area contributed by atoms with Crippen molar-refractivity contribution >= 4 is 120 Å². The third kappa shape index (κ3) is 43.9. The standard InChI is InChI=1S/C38H65N5O10S2.C10H19N3O3S2.C3H8.CHS.3CH4.O.Tc.Y/c1-25(45)42-33-35(50)34(49)28(24-44)53-38(33)55-21-11-5-10-19-40-31(47)12-6-3-8-18-39-30(46)13-7-4-9-20-41-36(51)27-16-14-26(15-17-27)23-43-32(48)22-29(54-2)37(43)52;1-7(14)11-3-2-8(13-10(16)6-18)4-12-9(15)5-17;1-3-2;1-2;;;;;;/h26-29,33-35,38,44,49-50H,3-24H2,1-2H3,(H,39,46)(H,40,47)(H,41,51)(H,42,45);8H,2-6H2,1H3,(H5,11,12,13,14,15,16,17,18);3H2,1-2H3;1H;3*1H4;;;/q;;;-1;;;;;+4;/p-4/t26?,27?,28?,29?,33?,34-,35-,38-;;;;;;;;;/m0........./s1. The second-order valence-electron chi connectivity index (χ2n) is 19.1. The molecular weight excluding hydrogens is 1340 g/mol. The zero-order valence-corrected chi connectivity index (χ0v) is 56.5. The summed E-state index contributed by atoms with van der Waals surface area (Å²) >= 11 is 16.4. The second kappa shape index (κ2) is 60.2. The van der Waals surface area contributed by atoms with Crippen LogP contribution in [0, 0.1) is 11.8 Å². The number of likely N-dealkylation sites (tertiary alicyclic amines) is 1. The SMILES string of the molecule is C.C.C.CC(=O)NCCC(C[N-]C(=O)C[S-])[N-]C(=O)C[S-].CCC.CSC1CC(=O)N(CC2CCC(C(=O)NCCCCCC(=O)NCCCCCC(=O)NCCCCCS[C@@H]3OC(CO)[C@H](O)[C@@H](O)C3NC(C)=O)CC2)C1=O.[CH-]=S.[O]=[Tc+4].[Y]. The van der Waals surface area contributed by atoms with Crippen LogP contribution in [-0.2, 0) is 128 Å². The molecule has 1 radical (unpaired) electrons. The van der Waals surface area contributed by atoms with Crippen LogP contribution in [0.15, 0.2) is 0 Å². The Hall–Kier alpha value is -1.69. The Bertz CT molecular complexity index is 1810. The summed E-state index contributed by atoms with van der Waals surface area (Å²) < 4.78 is 13.9. The monoisotopic (exact) mass is 1440 g/mol. The van der Waals surface area contributed by atoms with Crippen LogP contribution < -0.4 is 26.6 Å². The first kappa shape index (κ1) is 93.5. The molecular formula is C55H101N8O14S5TcY-. The van der Waals surface area contributed by atoms with Crippen LogP contribution in [0.2, 0.25) is 0 Å². The van der Waals surface area contributed by atoms with Crippen molar-refractivity contribution in [2.75, 3.05) is 69.4 Å². The number of carbonyl (C=O) groups is 9. The van der Waals surface area contributed by atoms with Gasteiger partial charge in [0, 0.05) is 116 Å². The van der Waals surface area contributed by atoms with Crippen LogP contribution in [0.25, 0.3) is 10.6 Å². The molecule has 0 aromatic rings. The van der Waals surface area contributed by atoms with Gasteiger partial charge in [-0.15, -0.1) is 35.9 Å². The summed E-state index contributed by atoms with van der Waals surface area (Å²) in [7, 11) is 0. The maximum absolute atomic E-state index is 12.7. The van der Waals surface area contributed by atoms with Gasteiger partial charge in [0.15, 0.2) is 0 Å². The average molecular weight is 1450 g/mol. The molecule has 2 saturated heterocycles. The van der Waals surface area contributed by atoms with E-state index in [0.717, 1.165) is 102 Å². The van der Waals surface area contributed by atoms with Gasteiger partial charge in [-0.3, -0.25) is 38.5 Å². The zero-order valence-electron chi connectivity index (χ0n) is 47.7. The number of thiocarbonyl (C=S) groups is 1. The summed E-state index contributed by atoms with van der Waals surface area (Å²) in [6.07, 6.45) is 11.8. The Balaban J connectivity index is -0.000000443. The number of unbranched alkanes of at least 4 members (excludes halogenated alkanes) is 6. The number of rotatable bonds is 33. The fourth-order valence-corrected chi connectivity index (χ4v) is 10.4. The van der Waals surface area contributed by atoms with E-state index >= 15 is 0 Å². The Morgan fingerprint density at radius 2 is 1.27 bits per heavy atom. The minimum absolute atomic E-state index is 0. The predicted octanol–water partition coefficient (Wildman–Crippen LogP) is 5.07. The predicted molar refractivity (Wildman–Crippen MR) is 335 cm³/mol. The fraction of sp³-hybridized carbons (Fsp3) is 0.818. The average Bonchev–Trinajstić information content (AvgIpc) is 3.72. The summed E-state index contributed by atoms with van der Waals surface area (Å²) in [6, 6.07) is -1.23. The number of aliphatic hydroxyl groups excluding tert-OH is 3. The number of aliphatic hydroxyl groups is 3. The Morgan fingerprint density at radius 1 is 0.762 bits per heavy atom. The third-order valence-corrected chi connectivity index (χ3v) is 15.2. The number of nitrogens with zero attached hydrogens (tertiary/aromatic N) is 3. The molecule has 9 amide bonds.